The van der Waals surface area contributed by atoms with Crippen LogP contribution in [0.15, 0.2) is 18.2 Å². The Hall–Kier alpha value is -1.87. The number of carbonyl (C=O) groups is 3. The van der Waals surface area contributed by atoms with Crippen molar-refractivity contribution in [2.24, 2.45) is 0 Å². The summed E-state index contributed by atoms with van der Waals surface area (Å²) in [5.41, 5.74) is 0.221. The molecule has 160 valence electrons. The van der Waals surface area contributed by atoms with E-state index in [2.05, 4.69) is 20.9 Å². The van der Waals surface area contributed by atoms with E-state index < -0.39 is 11.8 Å². The van der Waals surface area contributed by atoms with Crippen LogP contribution in [0.1, 0.15) is 23.2 Å². The van der Waals surface area contributed by atoms with Crippen LogP contribution in [0.5, 0.6) is 0 Å². The Bertz CT molecular complexity index is 711. The minimum absolute atomic E-state index is 0.139. The highest BCUT2D eigenvalue weighted by Crippen LogP contribution is 2.20. The second-order valence-corrected chi connectivity index (χ2v) is 7.44. The molecule has 1 aliphatic heterocycles. The first-order chi connectivity index (χ1) is 14.0. The molecule has 8 nitrogen and oxygen atoms in total. The van der Waals surface area contributed by atoms with Crippen molar-refractivity contribution in [2.45, 2.75) is 12.8 Å². The fraction of sp³-hybridized carbons (Fsp3) is 0.526. The summed E-state index contributed by atoms with van der Waals surface area (Å²) in [7, 11) is 0. The third-order valence-electron chi connectivity index (χ3n) is 4.36. The van der Waals surface area contributed by atoms with Gasteiger partial charge in [0.05, 0.1) is 36.9 Å². The lowest BCUT2D eigenvalue weighted by atomic mass is 10.2. The summed E-state index contributed by atoms with van der Waals surface area (Å²) in [6, 6.07) is 4.46. The second kappa shape index (κ2) is 12.6. The highest BCUT2D eigenvalue weighted by atomic mass is 35.5. The van der Waals surface area contributed by atoms with Crippen LogP contribution in [-0.4, -0.2) is 75.1 Å². The molecular weight excluding hydrogens is 419 g/mol. The van der Waals surface area contributed by atoms with Gasteiger partial charge in [-0.15, -0.1) is 0 Å². The zero-order valence-corrected chi connectivity index (χ0v) is 17.7. The first-order valence-corrected chi connectivity index (χ1v) is 10.3. The average molecular weight is 445 g/mol. The topological polar surface area (TPSA) is 99.8 Å². The van der Waals surface area contributed by atoms with E-state index in [9.17, 15) is 14.4 Å². The largest absolute Gasteiger partial charge is 0.379 e. The van der Waals surface area contributed by atoms with E-state index >= 15 is 0 Å². The van der Waals surface area contributed by atoms with Gasteiger partial charge >= 0.3 is 0 Å². The van der Waals surface area contributed by atoms with Crippen LogP contribution in [0.2, 0.25) is 10.0 Å². The van der Waals surface area contributed by atoms with E-state index in [-0.39, 0.29) is 29.6 Å². The lowest BCUT2D eigenvalue weighted by Gasteiger charge is -2.26. The van der Waals surface area contributed by atoms with Crippen molar-refractivity contribution in [2.75, 3.05) is 52.5 Å². The number of ether oxygens (including phenoxy) is 1. The van der Waals surface area contributed by atoms with Crippen LogP contribution in [0.4, 0.5) is 0 Å². The number of benzene rings is 1. The summed E-state index contributed by atoms with van der Waals surface area (Å²) in [6.45, 7) is 4.63. The molecule has 2 rings (SSSR count). The van der Waals surface area contributed by atoms with Gasteiger partial charge in [0, 0.05) is 24.7 Å². The normalized spacial score (nSPS) is 14.3. The molecular formula is C19H26Cl2N4O4. The molecule has 0 aliphatic carbocycles. The van der Waals surface area contributed by atoms with Crippen LogP contribution >= 0.6 is 23.2 Å². The Balaban J connectivity index is 1.53. The molecule has 1 aromatic carbocycles. The molecule has 1 saturated heterocycles. The molecule has 29 heavy (non-hydrogen) atoms. The highest BCUT2D eigenvalue weighted by molar-refractivity contribution is 6.36. The third-order valence-corrected chi connectivity index (χ3v) is 4.91. The fourth-order valence-corrected chi connectivity index (χ4v) is 3.24. The number of hydrogen-bond acceptors (Lipinski definition) is 5. The molecule has 10 heteroatoms. The summed E-state index contributed by atoms with van der Waals surface area (Å²) >= 11 is 11.7. The summed E-state index contributed by atoms with van der Waals surface area (Å²) in [6.07, 6.45) is 1.86. The molecule has 0 spiro atoms. The number of amides is 3. The van der Waals surface area contributed by atoms with E-state index in [0.29, 0.717) is 11.6 Å². The van der Waals surface area contributed by atoms with Gasteiger partial charge in [-0.3, -0.25) is 19.3 Å². The van der Waals surface area contributed by atoms with Gasteiger partial charge in [0.15, 0.2) is 0 Å². The maximum atomic E-state index is 12.0. The number of rotatable bonds is 10. The smallest absolute Gasteiger partial charge is 0.253 e. The first-order valence-electron chi connectivity index (χ1n) is 9.52. The Labute approximate surface area is 180 Å². The van der Waals surface area contributed by atoms with Crippen LogP contribution < -0.4 is 16.0 Å². The lowest BCUT2D eigenvalue weighted by Crippen LogP contribution is -2.42. The maximum Gasteiger partial charge on any atom is 0.253 e. The summed E-state index contributed by atoms with van der Waals surface area (Å²) in [5.74, 6) is -1.23. The van der Waals surface area contributed by atoms with E-state index in [1.807, 2.05) is 0 Å². The number of unbranched alkanes of at least 4 members (excludes halogenated alkanes) is 1. The van der Waals surface area contributed by atoms with Crippen molar-refractivity contribution in [3.63, 3.8) is 0 Å². The lowest BCUT2D eigenvalue weighted by molar-refractivity contribution is -0.125. The van der Waals surface area contributed by atoms with E-state index in [1.165, 1.54) is 18.2 Å². The third kappa shape index (κ3) is 8.99. The first kappa shape index (κ1) is 23.4. The van der Waals surface area contributed by atoms with E-state index in [1.54, 1.807) is 0 Å². The van der Waals surface area contributed by atoms with Crippen LogP contribution in [-0.2, 0) is 14.3 Å². The van der Waals surface area contributed by atoms with Gasteiger partial charge in [0.1, 0.15) is 0 Å². The van der Waals surface area contributed by atoms with Crippen molar-refractivity contribution in [3.8, 4) is 0 Å². The minimum Gasteiger partial charge on any atom is -0.379 e. The van der Waals surface area contributed by atoms with Crippen molar-refractivity contribution in [1.29, 1.82) is 0 Å². The van der Waals surface area contributed by atoms with Crippen LogP contribution in [0.25, 0.3) is 0 Å². The number of carbonyl (C=O) groups excluding carboxylic acids is 3. The van der Waals surface area contributed by atoms with Gasteiger partial charge in [0.25, 0.3) is 5.91 Å². The Morgan fingerprint density at radius 3 is 2.38 bits per heavy atom. The fourth-order valence-electron chi connectivity index (χ4n) is 2.75. The molecule has 0 radical (unpaired) electrons. The molecule has 1 aromatic rings. The Morgan fingerprint density at radius 2 is 1.66 bits per heavy atom. The molecule has 1 aliphatic rings. The summed E-state index contributed by atoms with van der Waals surface area (Å²) < 4.78 is 5.30. The standard InChI is InChI=1S/C19H26Cl2N4O4/c20-14-3-4-15(16(21)11-14)19(28)24-13-18(27)23-12-17(26)22-5-1-2-6-25-7-9-29-10-8-25/h3-4,11H,1-2,5-10,12-13H2,(H,22,26)(H,23,27)(H,24,28). The van der Waals surface area contributed by atoms with Crippen molar-refractivity contribution < 1.29 is 19.1 Å². The molecule has 0 aromatic heterocycles. The monoisotopic (exact) mass is 444 g/mol. The minimum atomic E-state index is -0.494. The number of nitrogens with zero attached hydrogens (tertiary/aromatic N) is 1. The number of hydrogen-bond donors (Lipinski definition) is 3. The predicted molar refractivity (Wildman–Crippen MR) is 111 cm³/mol. The molecule has 0 saturated carbocycles. The SMILES string of the molecule is O=C(CNC(=O)CNC(=O)c1ccc(Cl)cc1Cl)NCCCCN1CCOCC1. The highest BCUT2D eigenvalue weighted by Gasteiger charge is 2.13. The molecule has 3 N–H and O–H groups in total. The van der Waals surface area contributed by atoms with Crippen molar-refractivity contribution in [1.82, 2.24) is 20.9 Å². The Kier molecular flexibility index (Phi) is 10.2. The zero-order chi connectivity index (χ0) is 21.1. The van der Waals surface area contributed by atoms with Crippen molar-refractivity contribution >= 4 is 40.9 Å². The quantitative estimate of drug-likeness (QED) is 0.468. The van der Waals surface area contributed by atoms with Crippen LogP contribution in [0, 0.1) is 0 Å². The zero-order valence-electron chi connectivity index (χ0n) is 16.1. The maximum absolute atomic E-state index is 12.0. The molecule has 0 atom stereocenters. The summed E-state index contributed by atoms with van der Waals surface area (Å²) in [5, 5.41) is 8.29. The molecule has 3 amide bonds. The average Bonchev–Trinajstić information content (AvgIpc) is 2.71. The van der Waals surface area contributed by atoms with Gasteiger partial charge in [0.2, 0.25) is 11.8 Å². The predicted octanol–water partition coefficient (Wildman–Crippen LogP) is 1.07. The van der Waals surface area contributed by atoms with Gasteiger partial charge < -0.3 is 20.7 Å². The number of nitrogens with one attached hydrogen (secondary N) is 3. The molecule has 0 bridgehead atoms. The van der Waals surface area contributed by atoms with Gasteiger partial charge in [-0.05, 0) is 37.6 Å². The number of morpholine rings is 1. The number of halogens is 2. The molecule has 0 unspecified atom stereocenters. The van der Waals surface area contributed by atoms with Crippen molar-refractivity contribution in [3.05, 3.63) is 33.8 Å². The summed E-state index contributed by atoms with van der Waals surface area (Å²) in [4.78, 5) is 37.9. The van der Waals surface area contributed by atoms with E-state index in [4.69, 9.17) is 27.9 Å². The van der Waals surface area contributed by atoms with Crippen LogP contribution in [0.3, 0.4) is 0 Å². The molecule has 1 heterocycles. The Morgan fingerprint density at radius 1 is 0.966 bits per heavy atom. The van der Waals surface area contributed by atoms with E-state index in [0.717, 1.165) is 45.7 Å². The van der Waals surface area contributed by atoms with Gasteiger partial charge in [-0.2, -0.15) is 0 Å². The van der Waals surface area contributed by atoms with Gasteiger partial charge in [-0.1, -0.05) is 23.2 Å². The molecule has 1 fully saturated rings. The second-order valence-electron chi connectivity index (χ2n) is 6.59. The van der Waals surface area contributed by atoms with Gasteiger partial charge in [-0.25, -0.2) is 0 Å².